The molecule has 1 fully saturated rings. The van der Waals surface area contributed by atoms with Gasteiger partial charge in [-0.1, -0.05) is 19.9 Å². The molecule has 0 spiro atoms. The number of carbonyl (C=O) groups excluding carboxylic acids is 1. The SMILES string of the molecule is COC(CCCC/C=C1/CCCC(C)(C)C1=O)OC. The normalized spacial score (nSPS) is 21.3. The van der Waals surface area contributed by atoms with Gasteiger partial charge in [0.25, 0.3) is 0 Å². The van der Waals surface area contributed by atoms with E-state index in [4.69, 9.17) is 9.47 Å². The molecule has 0 amide bonds. The van der Waals surface area contributed by atoms with E-state index >= 15 is 0 Å². The Morgan fingerprint density at radius 1 is 1.26 bits per heavy atom. The summed E-state index contributed by atoms with van der Waals surface area (Å²) in [5, 5.41) is 0. The van der Waals surface area contributed by atoms with Crippen LogP contribution in [-0.2, 0) is 14.3 Å². The van der Waals surface area contributed by atoms with Crippen LogP contribution < -0.4 is 0 Å². The Morgan fingerprint density at radius 3 is 2.58 bits per heavy atom. The summed E-state index contributed by atoms with van der Waals surface area (Å²) in [5.41, 5.74) is 0.896. The fourth-order valence-corrected chi connectivity index (χ4v) is 2.64. The highest BCUT2D eigenvalue weighted by Crippen LogP contribution is 2.35. The van der Waals surface area contributed by atoms with Gasteiger partial charge in [0.2, 0.25) is 0 Å². The molecule has 0 unspecified atom stereocenters. The van der Waals surface area contributed by atoms with E-state index in [2.05, 4.69) is 19.9 Å². The van der Waals surface area contributed by atoms with Gasteiger partial charge in [-0.05, 0) is 50.5 Å². The molecular weight excluding hydrogens is 240 g/mol. The Labute approximate surface area is 117 Å². The molecule has 0 aromatic rings. The molecule has 0 saturated heterocycles. The summed E-state index contributed by atoms with van der Waals surface area (Å²) in [6, 6.07) is 0. The van der Waals surface area contributed by atoms with E-state index in [-0.39, 0.29) is 11.7 Å². The molecule has 0 N–H and O–H groups in total. The van der Waals surface area contributed by atoms with Crippen LogP contribution >= 0.6 is 0 Å². The average molecular weight is 268 g/mol. The van der Waals surface area contributed by atoms with E-state index in [0.717, 1.165) is 50.5 Å². The molecule has 0 aromatic carbocycles. The van der Waals surface area contributed by atoms with Crippen molar-refractivity contribution in [2.45, 2.75) is 65.1 Å². The fraction of sp³-hybridized carbons (Fsp3) is 0.812. The summed E-state index contributed by atoms with van der Waals surface area (Å²) in [4.78, 5) is 12.2. The number of carbonyl (C=O) groups is 1. The summed E-state index contributed by atoms with van der Waals surface area (Å²) in [6.45, 7) is 4.12. The number of rotatable bonds is 7. The summed E-state index contributed by atoms with van der Waals surface area (Å²) in [5.74, 6) is 0.352. The van der Waals surface area contributed by atoms with Crippen LogP contribution in [0.4, 0.5) is 0 Å². The van der Waals surface area contributed by atoms with Gasteiger partial charge in [-0.25, -0.2) is 0 Å². The molecule has 1 saturated carbocycles. The van der Waals surface area contributed by atoms with Crippen LogP contribution in [-0.4, -0.2) is 26.3 Å². The van der Waals surface area contributed by atoms with Gasteiger partial charge < -0.3 is 9.47 Å². The highest BCUT2D eigenvalue weighted by Gasteiger charge is 2.32. The predicted molar refractivity (Wildman–Crippen MR) is 77.0 cm³/mol. The van der Waals surface area contributed by atoms with Crippen molar-refractivity contribution in [2.24, 2.45) is 5.41 Å². The van der Waals surface area contributed by atoms with Crippen LogP contribution in [0.3, 0.4) is 0 Å². The Hall–Kier alpha value is -0.670. The minimum Gasteiger partial charge on any atom is -0.356 e. The van der Waals surface area contributed by atoms with Crippen molar-refractivity contribution >= 4 is 5.78 Å². The van der Waals surface area contributed by atoms with Crippen LogP contribution in [0.2, 0.25) is 0 Å². The van der Waals surface area contributed by atoms with E-state index in [0.29, 0.717) is 5.78 Å². The topological polar surface area (TPSA) is 35.5 Å². The van der Waals surface area contributed by atoms with Gasteiger partial charge in [0.15, 0.2) is 12.1 Å². The minimum atomic E-state index is -0.152. The van der Waals surface area contributed by atoms with Crippen LogP contribution in [0, 0.1) is 5.41 Å². The summed E-state index contributed by atoms with van der Waals surface area (Å²) in [6.07, 6.45) is 9.22. The fourth-order valence-electron chi connectivity index (χ4n) is 2.64. The van der Waals surface area contributed by atoms with Crippen molar-refractivity contribution in [3.05, 3.63) is 11.6 Å². The first-order valence-electron chi connectivity index (χ1n) is 7.30. The van der Waals surface area contributed by atoms with Gasteiger partial charge in [0, 0.05) is 19.6 Å². The van der Waals surface area contributed by atoms with Crippen molar-refractivity contribution in [2.75, 3.05) is 14.2 Å². The van der Waals surface area contributed by atoms with Gasteiger partial charge in [-0.2, -0.15) is 0 Å². The maximum absolute atomic E-state index is 12.2. The van der Waals surface area contributed by atoms with Crippen molar-refractivity contribution in [3.8, 4) is 0 Å². The molecule has 110 valence electrons. The molecule has 1 rings (SSSR count). The minimum absolute atomic E-state index is 0.0945. The first kappa shape index (κ1) is 16.4. The second-order valence-electron chi connectivity index (χ2n) is 5.98. The summed E-state index contributed by atoms with van der Waals surface area (Å²) in [7, 11) is 3.33. The molecule has 0 aliphatic heterocycles. The van der Waals surface area contributed by atoms with Crippen molar-refractivity contribution in [3.63, 3.8) is 0 Å². The van der Waals surface area contributed by atoms with Gasteiger partial charge in [-0.3, -0.25) is 4.79 Å². The molecule has 1 aliphatic rings. The maximum Gasteiger partial charge on any atom is 0.164 e. The van der Waals surface area contributed by atoms with Crippen LogP contribution in [0.25, 0.3) is 0 Å². The first-order chi connectivity index (χ1) is 9.01. The average Bonchev–Trinajstić information content (AvgIpc) is 2.38. The number of hydrogen-bond acceptors (Lipinski definition) is 3. The predicted octanol–water partition coefficient (Wildman–Crippen LogP) is 3.87. The Morgan fingerprint density at radius 2 is 1.95 bits per heavy atom. The Bertz CT molecular complexity index is 314. The molecule has 3 heteroatoms. The van der Waals surface area contributed by atoms with E-state index in [9.17, 15) is 4.79 Å². The third-order valence-electron chi connectivity index (χ3n) is 3.96. The zero-order chi connectivity index (χ0) is 14.3. The lowest BCUT2D eigenvalue weighted by Gasteiger charge is -2.29. The first-order valence-corrected chi connectivity index (χ1v) is 7.30. The number of ketones is 1. The van der Waals surface area contributed by atoms with Gasteiger partial charge in [-0.15, -0.1) is 0 Å². The van der Waals surface area contributed by atoms with E-state index < -0.39 is 0 Å². The second kappa shape index (κ2) is 7.81. The Balaban J connectivity index is 2.31. The largest absolute Gasteiger partial charge is 0.356 e. The molecule has 1 aliphatic carbocycles. The number of Topliss-reactive ketones (excluding diaryl/α,β-unsaturated/α-hetero) is 1. The quantitative estimate of drug-likeness (QED) is 0.399. The number of ether oxygens (including phenoxy) is 2. The number of hydrogen-bond donors (Lipinski definition) is 0. The lowest BCUT2D eigenvalue weighted by atomic mass is 9.73. The van der Waals surface area contributed by atoms with Gasteiger partial charge in [0.1, 0.15) is 0 Å². The standard InChI is InChI=1S/C16H28O3/c1-16(2)12-8-10-13(15(16)17)9-6-5-7-11-14(18-3)19-4/h9,14H,5-8,10-12H2,1-4H3/b13-9-. The third kappa shape index (κ3) is 5.07. The number of allylic oxidation sites excluding steroid dienone is 2. The highest BCUT2D eigenvalue weighted by atomic mass is 16.7. The number of unbranched alkanes of at least 4 members (excludes halogenated alkanes) is 2. The smallest absolute Gasteiger partial charge is 0.164 e. The van der Waals surface area contributed by atoms with E-state index in [1.807, 2.05) is 0 Å². The van der Waals surface area contributed by atoms with Crippen molar-refractivity contribution < 1.29 is 14.3 Å². The van der Waals surface area contributed by atoms with Crippen LogP contribution in [0.5, 0.6) is 0 Å². The maximum atomic E-state index is 12.2. The molecule has 19 heavy (non-hydrogen) atoms. The second-order valence-corrected chi connectivity index (χ2v) is 5.98. The molecule has 3 nitrogen and oxygen atoms in total. The van der Waals surface area contributed by atoms with E-state index in [1.54, 1.807) is 14.2 Å². The summed E-state index contributed by atoms with van der Waals surface area (Å²) < 4.78 is 10.3. The van der Waals surface area contributed by atoms with Gasteiger partial charge in [0.05, 0.1) is 0 Å². The molecule has 0 aromatic heterocycles. The van der Waals surface area contributed by atoms with Gasteiger partial charge >= 0.3 is 0 Å². The molecule has 0 heterocycles. The lowest BCUT2D eigenvalue weighted by molar-refractivity contribution is -0.124. The number of methoxy groups -OCH3 is 2. The molecule has 0 bridgehead atoms. The summed E-state index contributed by atoms with van der Waals surface area (Å²) >= 11 is 0. The zero-order valence-corrected chi connectivity index (χ0v) is 12.8. The van der Waals surface area contributed by atoms with Crippen LogP contribution in [0.15, 0.2) is 11.6 Å². The molecule has 0 radical (unpaired) electrons. The lowest BCUT2D eigenvalue weighted by Crippen LogP contribution is -2.29. The van der Waals surface area contributed by atoms with E-state index in [1.165, 1.54) is 0 Å². The van der Waals surface area contributed by atoms with Crippen molar-refractivity contribution in [1.82, 2.24) is 0 Å². The van der Waals surface area contributed by atoms with Crippen LogP contribution in [0.1, 0.15) is 58.8 Å². The third-order valence-corrected chi connectivity index (χ3v) is 3.96. The molecule has 0 atom stereocenters. The van der Waals surface area contributed by atoms with Crippen molar-refractivity contribution in [1.29, 1.82) is 0 Å². The monoisotopic (exact) mass is 268 g/mol. The molecular formula is C16H28O3. The Kier molecular flexibility index (Phi) is 6.73. The highest BCUT2D eigenvalue weighted by molar-refractivity contribution is 6.00. The zero-order valence-electron chi connectivity index (χ0n) is 12.8.